The average molecular weight is 497 g/mol. The van der Waals surface area contributed by atoms with Crippen LogP contribution in [0.1, 0.15) is 40.4 Å². The number of benzene rings is 2. The molecule has 2 aromatic carbocycles. The van der Waals surface area contributed by atoms with Crippen molar-refractivity contribution in [1.82, 2.24) is 14.5 Å². The van der Waals surface area contributed by atoms with Gasteiger partial charge in [-0.05, 0) is 70.0 Å². The fourth-order valence-electron chi connectivity index (χ4n) is 3.80. The van der Waals surface area contributed by atoms with Crippen LogP contribution in [0.25, 0.3) is 22.2 Å². The second-order valence-corrected chi connectivity index (χ2v) is 9.50. The molecule has 0 aliphatic rings. The van der Waals surface area contributed by atoms with E-state index in [1.165, 1.54) is 4.90 Å². The zero-order valence-corrected chi connectivity index (χ0v) is 21.9. The minimum atomic E-state index is -0.880. The molecule has 9 heteroatoms. The van der Waals surface area contributed by atoms with Crippen LogP contribution in [-0.2, 0) is 27.4 Å². The minimum absolute atomic E-state index is 0.0533. The summed E-state index contributed by atoms with van der Waals surface area (Å²) in [6.07, 6.45) is -0.629. The van der Waals surface area contributed by atoms with Crippen LogP contribution in [0.4, 0.5) is 4.79 Å². The van der Waals surface area contributed by atoms with Gasteiger partial charge in [0.15, 0.2) is 0 Å². The molecule has 0 bridgehead atoms. The minimum Gasteiger partial charge on any atom is -0.497 e. The summed E-state index contributed by atoms with van der Waals surface area (Å²) < 4.78 is 18.4. The van der Waals surface area contributed by atoms with Gasteiger partial charge in [0, 0.05) is 13.2 Å². The lowest BCUT2D eigenvalue weighted by Gasteiger charge is -2.30. The van der Waals surface area contributed by atoms with E-state index in [1.807, 2.05) is 54.0 Å². The summed E-state index contributed by atoms with van der Waals surface area (Å²) in [4.78, 5) is 31.2. The van der Waals surface area contributed by atoms with Crippen molar-refractivity contribution in [3.8, 4) is 16.9 Å². The lowest BCUT2D eigenvalue weighted by Crippen LogP contribution is -2.48. The summed E-state index contributed by atoms with van der Waals surface area (Å²) in [5.41, 5.74) is 8.54. The van der Waals surface area contributed by atoms with Crippen molar-refractivity contribution in [1.29, 1.82) is 0 Å². The number of carbonyl (C=O) groups excluding carboxylic acids is 2. The molecule has 2 amide bonds. The van der Waals surface area contributed by atoms with Crippen molar-refractivity contribution >= 4 is 23.0 Å². The van der Waals surface area contributed by atoms with Crippen LogP contribution < -0.4 is 10.5 Å². The van der Waals surface area contributed by atoms with Crippen molar-refractivity contribution in [2.75, 3.05) is 20.3 Å². The van der Waals surface area contributed by atoms with Crippen molar-refractivity contribution < 1.29 is 23.8 Å². The molecular formula is C27H36N4O5. The van der Waals surface area contributed by atoms with Crippen molar-refractivity contribution in [2.45, 2.75) is 59.4 Å². The number of rotatable bonds is 10. The molecule has 0 fully saturated rings. The van der Waals surface area contributed by atoms with Crippen molar-refractivity contribution in [3.05, 3.63) is 48.3 Å². The van der Waals surface area contributed by atoms with Gasteiger partial charge >= 0.3 is 6.09 Å². The summed E-state index contributed by atoms with van der Waals surface area (Å²) in [7, 11) is 1.64. The van der Waals surface area contributed by atoms with Crippen LogP contribution in [0.3, 0.4) is 0 Å². The highest BCUT2D eigenvalue weighted by atomic mass is 16.6. The second kappa shape index (κ2) is 11.4. The molecule has 1 aromatic heterocycles. The zero-order valence-electron chi connectivity index (χ0n) is 21.9. The topological polar surface area (TPSA) is 109 Å². The van der Waals surface area contributed by atoms with Gasteiger partial charge in [-0.15, -0.1) is 0 Å². The Balaban J connectivity index is 2.03. The number of amides is 2. The summed E-state index contributed by atoms with van der Waals surface area (Å²) in [6, 6.07) is 13.0. The Labute approximate surface area is 212 Å². The fourth-order valence-corrected chi connectivity index (χ4v) is 3.80. The summed E-state index contributed by atoms with van der Waals surface area (Å²) in [5.74, 6) is 0.767. The van der Waals surface area contributed by atoms with Crippen LogP contribution in [0.5, 0.6) is 5.75 Å². The van der Waals surface area contributed by atoms with Gasteiger partial charge < -0.3 is 24.5 Å². The smallest absolute Gasteiger partial charge is 0.411 e. The first kappa shape index (κ1) is 27.0. The van der Waals surface area contributed by atoms with E-state index in [4.69, 9.17) is 24.9 Å². The molecule has 194 valence electrons. The maximum absolute atomic E-state index is 13.0. The monoisotopic (exact) mass is 496 g/mol. The molecule has 0 unspecified atom stereocenters. The Morgan fingerprint density at radius 2 is 1.78 bits per heavy atom. The predicted octanol–water partition coefficient (Wildman–Crippen LogP) is 4.36. The molecule has 1 atom stereocenters. The molecule has 0 radical (unpaired) electrons. The Morgan fingerprint density at radius 1 is 1.11 bits per heavy atom. The summed E-state index contributed by atoms with van der Waals surface area (Å²) in [6.45, 7) is 10.5. The van der Waals surface area contributed by atoms with E-state index in [9.17, 15) is 9.59 Å². The maximum atomic E-state index is 13.0. The molecule has 0 saturated heterocycles. The van der Waals surface area contributed by atoms with Gasteiger partial charge in [-0.2, -0.15) is 0 Å². The van der Waals surface area contributed by atoms with E-state index in [2.05, 4.69) is 0 Å². The third kappa shape index (κ3) is 6.54. The third-order valence-electron chi connectivity index (χ3n) is 5.73. The zero-order chi connectivity index (χ0) is 26.5. The van der Waals surface area contributed by atoms with E-state index in [0.29, 0.717) is 25.6 Å². The Kier molecular flexibility index (Phi) is 8.57. The van der Waals surface area contributed by atoms with E-state index >= 15 is 0 Å². The van der Waals surface area contributed by atoms with Gasteiger partial charge in [-0.1, -0.05) is 18.2 Å². The molecule has 36 heavy (non-hydrogen) atoms. The van der Waals surface area contributed by atoms with Gasteiger partial charge in [0.25, 0.3) is 0 Å². The number of methoxy groups -OCH3 is 1. The number of nitrogens with two attached hydrogens (primary N) is 1. The largest absolute Gasteiger partial charge is 0.497 e. The maximum Gasteiger partial charge on any atom is 0.411 e. The number of ether oxygens (including phenoxy) is 3. The SMILES string of the molecule is CCOCCn1c(CN(C(=O)OC(C)(C)C)[C@@H](C)C(N)=O)nc2cc(-c3ccc(OC)cc3)ccc21. The molecule has 9 nitrogen and oxygen atoms in total. The van der Waals surface area contributed by atoms with Crippen LogP contribution in [0.15, 0.2) is 42.5 Å². The standard InChI is InChI=1S/C27H36N4O5/c1-7-35-15-14-30-23-13-10-20(19-8-11-21(34-6)12-9-19)16-22(23)29-24(30)17-31(18(2)25(28)32)26(33)36-27(3,4)5/h8-13,16,18H,7,14-15,17H2,1-6H3,(H2,28,32)/t18-/m0/s1. The van der Waals surface area contributed by atoms with Crippen LogP contribution in [-0.4, -0.2) is 58.4 Å². The molecular weight excluding hydrogens is 460 g/mol. The number of carbonyl (C=O) groups is 2. The lowest BCUT2D eigenvalue weighted by atomic mass is 10.1. The molecule has 0 aliphatic carbocycles. The Bertz CT molecular complexity index is 1200. The predicted molar refractivity (Wildman–Crippen MR) is 139 cm³/mol. The molecule has 0 spiro atoms. The number of fused-ring (bicyclic) bond motifs is 1. The summed E-state index contributed by atoms with van der Waals surface area (Å²) in [5, 5.41) is 0. The van der Waals surface area contributed by atoms with Crippen molar-refractivity contribution in [2.24, 2.45) is 5.73 Å². The van der Waals surface area contributed by atoms with E-state index in [-0.39, 0.29) is 6.54 Å². The van der Waals surface area contributed by atoms with Crippen LogP contribution >= 0.6 is 0 Å². The quantitative estimate of drug-likeness (QED) is 0.418. The number of hydrogen-bond donors (Lipinski definition) is 1. The first-order chi connectivity index (χ1) is 17.0. The normalized spacial score (nSPS) is 12.4. The number of nitrogens with zero attached hydrogens (tertiary/aromatic N) is 3. The Hall–Kier alpha value is -3.59. The first-order valence-corrected chi connectivity index (χ1v) is 12.0. The third-order valence-corrected chi connectivity index (χ3v) is 5.73. The van der Waals surface area contributed by atoms with Gasteiger partial charge in [0.05, 0.1) is 31.3 Å². The van der Waals surface area contributed by atoms with E-state index in [0.717, 1.165) is 27.9 Å². The number of primary amides is 1. The highest BCUT2D eigenvalue weighted by Gasteiger charge is 2.30. The van der Waals surface area contributed by atoms with Gasteiger partial charge in [0.1, 0.15) is 23.2 Å². The molecule has 3 rings (SSSR count). The lowest BCUT2D eigenvalue weighted by molar-refractivity contribution is -0.122. The summed E-state index contributed by atoms with van der Waals surface area (Å²) >= 11 is 0. The Morgan fingerprint density at radius 3 is 2.36 bits per heavy atom. The van der Waals surface area contributed by atoms with E-state index in [1.54, 1.807) is 34.8 Å². The molecule has 2 N–H and O–H groups in total. The first-order valence-electron chi connectivity index (χ1n) is 12.0. The molecule has 0 aliphatic heterocycles. The van der Waals surface area contributed by atoms with Crippen LogP contribution in [0.2, 0.25) is 0 Å². The van der Waals surface area contributed by atoms with Crippen molar-refractivity contribution in [3.63, 3.8) is 0 Å². The highest BCUT2D eigenvalue weighted by molar-refractivity contribution is 5.85. The second-order valence-electron chi connectivity index (χ2n) is 9.50. The average Bonchev–Trinajstić information content (AvgIpc) is 3.17. The van der Waals surface area contributed by atoms with Gasteiger partial charge in [-0.25, -0.2) is 9.78 Å². The van der Waals surface area contributed by atoms with Gasteiger partial charge in [-0.3, -0.25) is 9.69 Å². The van der Waals surface area contributed by atoms with Crippen LogP contribution in [0, 0.1) is 0 Å². The van der Waals surface area contributed by atoms with Gasteiger partial charge in [0.2, 0.25) is 5.91 Å². The molecule has 1 heterocycles. The fraction of sp³-hybridized carbons (Fsp3) is 0.444. The highest BCUT2D eigenvalue weighted by Crippen LogP contribution is 2.27. The molecule has 3 aromatic rings. The van der Waals surface area contributed by atoms with E-state index < -0.39 is 23.6 Å². The number of aromatic nitrogens is 2. The molecule has 0 saturated carbocycles. The number of hydrogen-bond acceptors (Lipinski definition) is 6. The number of imidazole rings is 1.